The molecule has 1 amide bonds. The Morgan fingerprint density at radius 3 is 2.56 bits per heavy atom. The number of carbonyl (C=O) groups is 3. The van der Waals surface area contributed by atoms with Crippen LogP contribution in [0.5, 0.6) is 5.75 Å². The molecule has 2 aromatic rings. The zero-order valence-electron chi connectivity index (χ0n) is 17.7. The summed E-state index contributed by atoms with van der Waals surface area (Å²) in [6.45, 7) is 0. The fourth-order valence-corrected chi connectivity index (χ4v) is 6.44. The van der Waals surface area contributed by atoms with Crippen molar-refractivity contribution < 1.29 is 33.7 Å². The van der Waals surface area contributed by atoms with Crippen molar-refractivity contribution in [1.29, 1.82) is 0 Å². The van der Waals surface area contributed by atoms with Gasteiger partial charge in [-0.25, -0.2) is 4.79 Å². The number of nitrogens with one attached hydrogen (secondary N) is 1. The fraction of sp³-hybridized carbons (Fsp3) is 0.435. The third kappa shape index (κ3) is 3.18. The van der Waals surface area contributed by atoms with E-state index in [-0.39, 0.29) is 0 Å². The molecule has 1 aromatic carbocycles. The number of esters is 1. The standard InChI is InChI=1S/C23H23NO7S/c1-29-11-4-5-12-10(9-11)3-8-15-16(12)19(23(28)30-2)21(32-15)24-20(25)17-13-6-7-14(31-13)18(17)22(26)27/h4-5,9,13-14,17-18H,3,6-8H2,1-2H3,(H,24,25)(H,26,27)/t13-,14-,17+,18-/m0/s1. The third-order valence-electron chi connectivity index (χ3n) is 6.67. The van der Waals surface area contributed by atoms with E-state index in [4.69, 9.17) is 14.2 Å². The second-order valence-corrected chi connectivity index (χ2v) is 9.39. The highest BCUT2D eigenvalue weighted by Crippen LogP contribution is 2.48. The topological polar surface area (TPSA) is 111 Å². The van der Waals surface area contributed by atoms with E-state index in [2.05, 4.69) is 5.32 Å². The van der Waals surface area contributed by atoms with Gasteiger partial charge in [0.15, 0.2) is 0 Å². The van der Waals surface area contributed by atoms with E-state index in [0.29, 0.717) is 23.4 Å². The second-order valence-electron chi connectivity index (χ2n) is 8.29. The Balaban J connectivity index is 1.53. The highest BCUT2D eigenvalue weighted by molar-refractivity contribution is 7.17. The lowest BCUT2D eigenvalue weighted by Gasteiger charge is -2.23. The van der Waals surface area contributed by atoms with Gasteiger partial charge < -0.3 is 24.6 Å². The number of ether oxygens (including phenoxy) is 3. The van der Waals surface area contributed by atoms with Crippen LogP contribution in [0.2, 0.25) is 0 Å². The summed E-state index contributed by atoms with van der Waals surface area (Å²) in [5, 5.41) is 12.9. The molecule has 168 valence electrons. The SMILES string of the molecule is COC(=O)c1c(NC(=O)[C@H]2[C@@H](C(=O)O)[C@@H]3CC[C@@H]2O3)sc2c1-c1ccc(OC)cc1CC2. The normalized spacial score (nSPS) is 25.1. The van der Waals surface area contributed by atoms with Gasteiger partial charge in [-0.3, -0.25) is 9.59 Å². The molecule has 2 N–H and O–H groups in total. The highest BCUT2D eigenvalue weighted by atomic mass is 32.1. The summed E-state index contributed by atoms with van der Waals surface area (Å²) in [5.74, 6) is -2.92. The average Bonchev–Trinajstić information content (AvgIpc) is 3.50. The number of hydrogen-bond acceptors (Lipinski definition) is 7. The molecule has 3 heterocycles. The van der Waals surface area contributed by atoms with E-state index in [1.807, 2.05) is 18.2 Å². The quantitative estimate of drug-likeness (QED) is 0.664. The molecule has 1 aromatic heterocycles. The fourth-order valence-electron chi connectivity index (χ4n) is 5.24. The van der Waals surface area contributed by atoms with E-state index in [9.17, 15) is 19.5 Å². The second kappa shape index (κ2) is 7.90. The van der Waals surface area contributed by atoms with Crippen LogP contribution in [0.1, 0.15) is 33.6 Å². The Hall–Kier alpha value is -2.91. The first-order valence-electron chi connectivity index (χ1n) is 10.5. The molecule has 32 heavy (non-hydrogen) atoms. The van der Waals surface area contributed by atoms with Gasteiger partial charge in [0.2, 0.25) is 5.91 Å². The molecule has 2 fully saturated rings. The summed E-state index contributed by atoms with van der Waals surface area (Å²) in [6.07, 6.45) is 1.96. The van der Waals surface area contributed by atoms with Crippen LogP contribution in [0.4, 0.5) is 5.00 Å². The minimum atomic E-state index is -1.03. The number of amides is 1. The number of aryl methyl sites for hydroxylation is 2. The molecule has 2 bridgehead atoms. The van der Waals surface area contributed by atoms with E-state index >= 15 is 0 Å². The zero-order chi connectivity index (χ0) is 22.6. The number of methoxy groups -OCH3 is 2. The molecule has 0 spiro atoms. The highest BCUT2D eigenvalue weighted by Gasteiger charge is 2.55. The Kier molecular flexibility index (Phi) is 5.17. The number of aliphatic carboxylic acids is 1. The maximum absolute atomic E-state index is 13.2. The summed E-state index contributed by atoms with van der Waals surface area (Å²) in [7, 11) is 2.91. The van der Waals surface area contributed by atoms with Crippen LogP contribution in [0, 0.1) is 11.8 Å². The molecule has 2 saturated heterocycles. The number of anilines is 1. The van der Waals surface area contributed by atoms with Gasteiger partial charge in [0.05, 0.1) is 38.3 Å². The van der Waals surface area contributed by atoms with Crippen LogP contribution in [0.25, 0.3) is 11.1 Å². The number of carboxylic acid groups (broad SMARTS) is 1. The Morgan fingerprint density at radius 1 is 1.12 bits per heavy atom. The molecular formula is C23H23NO7S. The van der Waals surface area contributed by atoms with Crippen molar-refractivity contribution >= 4 is 34.2 Å². The van der Waals surface area contributed by atoms with Gasteiger partial charge in [0.25, 0.3) is 0 Å². The predicted octanol–water partition coefficient (Wildman–Crippen LogP) is 3.13. The molecule has 0 unspecified atom stereocenters. The van der Waals surface area contributed by atoms with E-state index in [1.54, 1.807) is 7.11 Å². The summed E-state index contributed by atoms with van der Waals surface area (Å²) in [6, 6.07) is 5.72. The predicted molar refractivity (Wildman–Crippen MR) is 116 cm³/mol. The lowest BCUT2D eigenvalue weighted by Crippen LogP contribution is -2.41. The van der Waals surface area contributed by atoms with Gasteiger partial charge in [0, 0.05) is 10.4 Å². The smallest absolute Gasteiger partial charge is 0.341 e. The first-order valence-corrected chi connectivity index (χ1v) is 11.3. The molecule has 0 saturated carbocycles. The number of hydrogen-bond donors (Lipinski definition) is 2. The van der Waals surface area contributed by atoms with Crippen molar-refractivity contribution in [1.82, 2.24) is 0 Å². The number of fused-ring (bicyclic) bond motifs is 5. The van der Waals surface area contributed by atoms with Gasteiger partial charge in [-0.15, -0.1) is 11.3 Å². The van der Waals surface area contributed by atoms with Gasteiger partial charge in [-0.2, -0.15) is 0 Å². The molecule has 2 aliphatic heterocycles. The molecule has 8 nitrogen and oxygen atoms in total. The van der Waals surface area contributed by atoms with Crippen LogP contribution in [0.3, 0.4) is 0 Å². The Labute approximate surface area is 188 Å². The molecule has 5 rings (SSSR count). The Morgan fingerprint density at radius 2 is 1.88 bits per heavy atom. The summed E-state index contributed by atoms with van der Waals surface area (Å²) >= 11 is 1.34. The molecular weight excluding hydrogens is 434 g/mol. The number of carbonyl (C=O) groups excluding carboxylic acids is 2. The van der Waals surface area contributed by atoms with Gasteiger partial charge >= 0.3 is 11.9 Å². The molecule has 1 aliphatic carbocycles. The van der Waals surface area contributed by atoms with Gasteiger partial charge in [-0.05, 0) is 48.9 Å². The van der Waals surface area contributed by atoms with E-state index < -0.39 is 41.9 Å². The third-order valence-corrected chi connectivity index (χ3v) is 7.84. The monoisotopic (exact) mass is 457 g/mol. The van der Waals surface area contributed by atoms with Gasteiger partial charge in [0.1, 0.15) is 16.3 Å². The summed E-state index contributed by atoms with van der Waals surface area (Å²) < 4.78 is 16.1. The lowest BCUT2D eigenvalue weighted by atomic mass is 9.78. The van der Waals surface area contributed by atoms with Crippen molar-refractivity contribution in [3.63, 3.8) is 0 Å². The molecule has 4 atom stereocenters. The molecule has 3 aliphatic rings. The number of carboxylic acids is 1. The van der Waals surface area contributed by atoms with E-state index in [1.165, 1.54) is 18.4 Å². The minimum Gasteiger partial charge on any atom is -0.497 e. The van der Waals surface area contributed by atoms with Crippen LogP contribution in [0.15, 0.2) is 18.2 Å². The van der Waals surface area contributed by atoms with Crippen LogP contribution < -0.4 is 10.1 Å². The number of rotatable bonds is 5. The van der Waals surface area contributed by atoms with Crippen molar-refractivity contribution in [3.8, 4) is 16.9 Å². The Bertz CT molecular complexity index is 1120. The largest absolute Gasteiger partial charge is 0.497 e. The molecule has 0 radical (unpaired) electrons. The maximum atomic E-state index is 13.2. The zero-order valence-corrected chi connectivity index (χ0v) is 18.5. The van der Waals surface area contributed by atoms with Crippen LogP contribution in [-0.4, -0.2) is 49.4 Å². The van der Waals surface area contributed by atoms with E-state index in [0.717, 1.165) is 40.2 Å². The molecule has 9 heteroatoms. The lowest BCUT2D eigenvalue weighted by molar-refractivity contribution is -0.147. The van der Waals surface area contributed by atoms with Gasteiger partial charge in [-0.1, -0.05) is 6.07 Å². The maximum Gasteiger partial charge on any atom is 0.341 e. The summed E-state index contributed by atoms with van der Waals surface area (Å²) in [4.78, 5) is 38.8. The average molecular weight is 458 g/mol. The first kappa shape index (κ1) is 21.0. The van der Waals surface area contributed by atoms with Crippen LogP contribution >= 0.6 is 11.3 Å². The summed E-state index contributed by atoms with van der Waals surface area (Å²) in [5.41, 5.74) is 3.05. The van der Waals surface area contributed by atoms with Crippen LogP contribution in [-0.2, 0) is 31.9 Å². The van der Waals surface area contributed by atoms with Crippen molar-refractivity contribution in [2.45, 2.75) is 37.9 Å². The van der Waals surface area contributed by atoms with Crippen molar-refractivity contribution in [2.24, 2.45) is 11.8 Å². The van der Waals surface area contributed by atoms with Crippen molar-refractivity contribution in [2.75, 3.05) is 19.5 Å². The first-order chi connectivity index (χ1) is 15.4. The number of thiophene rings is 1. The van der Waals surface area contributed by atoms with Crippen molar-refractivity contribution in [3.05, 3.63) is 34.2 Å². The minimum absolute atomic E-state index is 0.308. The number of benzene rings is 1.